The zero-order valence-electron chi connectivity index (χ0n) is 10.8. The first-order chi connectivity index (χ1) is 8.12. The quantitative estimate of drug-likeness (QED) is 0.785. The number of amides is 2. The SMILES string of the molecule is CCCC1(CN2C(=O)CNC(=O)C2CC)CC1. The summed E-state index contributed by atoms with van der Waals surface area (Å²) in [5.41, 5.74) is 0.329. The van der Waals surface area contributed by atoms with Gasteiger partial charge >= 0.3 is 0 Å². The van der Waals surface area contributed by atoms with Crippen LogP contribution in [0.4, 0.5) is 0 Å². The summed E-state index contributed by atoms with van der Waals surface area (Å²) < 4.78 is 0. The molecule has 0 aromatic rings. The summed E-state index contributed by atoms with van der Waals surface area (Å²) in [6.07, 6.45) is 5.46. The summed E-state index contributed by atoms with van der Waals surface area (Å²) in [7, 11) is 0. The van der Waals surface area contributed by atoms with Gasteiger partial charge in [-0.15, -0.1) is 0 Å². The van der Waals surface area contributed by atoms with E-state index in [2.05, 4.69) is 12.2 Å². The molecule has 0 aromatic heterocycles. The molecule has 1 unspecified atom stereocenters. The molecule has 2 rings (SSSR count). The molecule has 4 heteroatoms. The van der Waals surface area contributed by atoms with Gasteiger partial charge in [-0.2, -0.15) is 0 Å². The Bertz CT molecular complexity index is 323. The minimum absolute atomic E-state index is 0.0133. The van der Waals surface area contributed by atoms with E-state index in [-0.39, 0.29) is 24.4 Å². The Morgan fingerprint density at radius 3 is 2.59 bits per heavy atom. The van der Waals surface area contributed by atoms with E-state index in [1.807, 2.05) is 11.8 Å². The molecule has 1 saturated carbocycles. The van der Waals surface area contributed by atoms with Gasteiger partial charge in [-0.25, -0.2) is 0 Å². The highest BCUT2D eigenvalue weighted by atomic mass is 16.2. The zero-order valence-corrected chi connectivity index (χ0v) is 10.8. The van der Waals surface area contributed by atoms with Gasteiger partial charge in [0.2, 0.25) is 11.8 Å². The summed E-state index contributed by atoms with van der Waals surface area (Å²) in [5, 5.41) is 2.67. The van der Waals surface area contributed by atoms with E-state index in [1.54, 1.807) is 0 Å². The molecular weight excluding hydrogens is 216 g/mol. The Morgan fingerprint density at radius 2 is 2.06 bits per heavy atom. The first kappa shape index (κ1) is 12.4. The van der Waals surface area contributed by atoms with Crippen molar-refractivity contribution in [1.29, 1.82) is 0 Å². The number of rotatable bonds is 5. The molecule has 2 aliphatic rings. The number of carbonyl (C=O) groups excluding carboxylic acids is 2. The van der Waals surface area contributed by atoms with E-state index in [4.69, 9.17) is 0 Å². The molecule has 17 heavy (non-hydrogen) atoms. The maximum absolute atomic E-state index is 11.9. The fourth-order valence-corrected chi connectivity index (χ4v) is 2.86. The Hall–Kier alpha value is -1.06. The number of nitrogens with one attached hydrogen (secondary N) is 1. The van der Waals surface area contributed by atoms with Crippen molar-refractivity contribution in [3.63, 3.8) is 0 Å². The van der Waals surface area contributed by atoms with Crippen LogP contribution in [0, 0.1) is 5.41 Å². The molecule has 2 fully saturated rings. The van der Waals surface area contributed by atoms with Gasteiger partial charge in [0.1, 0.15) is 6.04 Å². The zero-order chi connectivity index (χ0) is 12.5. The smallest absolute Gasteiger partial charge is 0.243 e. The standard InChI is InChI=1S/C13H22N2O2/c1-3-5-13(6-7-13)9-15-10(4-2)12(17)14-8-11(15)16/h10H,3-9H2,1-2H3,(H,14,17). The highest BCUT2D eigenvalue weighted by Gasteiger charge is 2.46. The fourth-order valence-electron chi connectivity index (χ4n) is 2.86. The highest BCUT2D eigenvalue weighted by Crippen LogP contribution is 2.50. The molecule has 1 N–H and O–H groups in total. The minimum Gasteiger partial charge on any atom is -0.345 e. The van der Waals surface area contributed by atoms with Crippen LogP contribution < -0.4 is 5.32 Å². The molecule has 4 nitrogen and oxygen atoms in total. The van der Waals surface area contributed by atoms with Crippen LogP contribution in [0.25, 0.3) is 0 Å². The van der Waals surface area contributed by atoms with Crippen molar-refractivity contribution in [1.82, 2.24) is 10.2 Å². The van der Waals surface area contributed by atoms with Crippen LogP contribution in [0.2, 0.25) is 0 Å². The lowest BCUT2D eigenvalue weighted by Gasteiger charge is -2.37. The van der Waals surface area contributed by atoms with Crippen molar-refractivity contribution in [3.8, 4) is 0 Å². The van der Waals surface area contributed by atoms with Gasteiger partial charge in [-0.3, -0.25) is 9.59 Å². The third-order valence-corrected chi connectivity index (χ3v) is 4.04. The van der Waals surface area contributed by atoms with Crippen LogP contribution in [0.5, 0.6) is 0 Å². The average molecular weight is 238 g/mol. The molecular formula is C13H22N2O2. The fraction of sp³-hybridized carbons (Fsp3) is 0.846. The first-order valence-corrected chi connectivity index (χ1v) is 6.69. The van der Waals surface area contributed by atoms with E-state index in [0.29, 0.717) is 11.8 Å². The van der Waals surface area contributed by atoms with Gasteiger partial charge in [-0.05, 0) is 31.1 Å². The largest absolute Gasteiger partial charge is 0.345 e. The minimum atomic E-state index is -0.245. The maximum Gasteiger partial charge on any atom is 0.243 e. The summed E-state index contributed by atoms with van der Waals surface area (Å²) in [4.78, 5) is 25.5. The van der Waals surface area contributed by atoms with Crippen molar-refractivity contribution >= 4 is 11.8 Å². The van der Waals surface area contributed by atoms with Crippen molar-refractivity contribution in [2.24, 2.45) is 5.41 Å². The Kier molecular flexibility index (Phi) is 3.40. The van der Waals surface area contributed by atoms with Crippen LogP contribution in [-0.2, 0) is 9.59 Å². The summed E-state index contributed by atoms with van der Waals surface area (Å²) >= 11 is 0. The number of nitrogens with zero attached hydrogens (tertiary/aromatic N) is 1. The molecule has 1 aliphatic heterocycles. The second-order valence-electron chi connectivity index (χ2n) is 5.41. The number of hydrogen-bond acceptors (Lipinski definition) is 2. The number of carbonyl (C=O) groups is 2. The molecule has 0 spiro atoms. The van der Waals surface area contributed by atoms with Crippen molar-refractivity contribution in [2.75, 3.05) is 13.1 Å². The monoisotopic (exact) mass is 238 g/mol. The Balaban J connectivity index is 2.05. The van der Waals surface area contributed by atoms with Gasteiger partial charge in [0, 0.05) is 6.54 Å². The third kappa shape index (κ3) is 2.45. The van der Waals surface area contributed by atoms with E-state index in [1.165, 1.54) is 19.3 Å². The van der Waals surface area contributed by atoms with Crippen LogP contribution in [0.1, 0.15) is 46.0 Å². The van der Waals surface area contributed by atoms with Crippen LogP contribution in [0.15, 0.2) is 0 Å². The summed E-state index contributed by atoms with van der Waals surface area (Å²) in [6.45, 7) is 5.11. The predicted octanol–water partition coefficient (Wildman–Crippen LogP) is 1.30. The molecule has 1 heterocycles. The molecule has 1 aliphatic carbocycles. The summed E-state index contributed by atoms with van der Waals surface area (Å²) in [6, 6.07) is -0.245. The lowest BCUT2D eigenvalue weighted by atomic mass is 9.97. The van der Waals surface area contributed by atoms with Crippen molar-refractivity contribution in [2.45, 2.75) is 52.0 Å². The second kappa shape index (κ2) is 4.67. The molecule has 0 aromatic carbocycles. The van der Waals surface area contributed by atoms with E-state index in [9.17, 15) is 9.59 Å². The van der Waals surface area contributed by atoms with E-state index >= 15 is 0 Å². The van der Waals surface area contributed by atoms with Crippen LogP contribution in [0.3, 0.4) is 0 Å². The van der Waals surface area contributed by atoms with Gasteiger partial charge in [0.15, 0.2) is 0 Å². The topological polar surface area (TPSA) is 49.4 Å². The molecule has 1 atom stereocenters. The van der Waals surface area contributed by atoms with Crippen LogP contribution in [-0.4, -0.2) is 35.8 Å². The lowest BCUT2D eigenvalue weighted by molar-refractivity contribution is -0.146. The molecule has 1 saturated heterocycles. The molecule has 0 radical (unpaired) electrons. The van der Waals surface area contributed by atoms with Gasteiger partial charge < -0.3 is 10.2 Å². The third-order valence-electron chi connectivity index (χ3n) is 4.04. The van der Waals surface area contributed by atoms with Gasteiger partial charge in [0.25, 0.3) is 0 Å². The van der Waals surface area contributed by atoms with Crippen molar-refractivity contribution < 1.29 is 9.59 Å². The Labute approximate surface area is 103 Å². The van der Waals surface area contributed by atoms with Gasteiger partial charge in [0.05, 0.1) is 6.54 Å². The highest BCUT2D eigenvalue weighted by molar-refractivity contribution is 5.94. The second-order valence-corrected chi connectivity index (χ2v) is 5.41. The van der Waals surface area contributed by atoms with Gasteiger partial charge in [-0.1, -0.05) is 20.3 Å². The molecule has 0 bridgehead atoms. The summed E-state index contributed by atoms with van der Waals surface area (Å²) in [5.74, 6) is 0.0956. The number of piperazine rings is 1. The number of hydrogen-bond donors (Lipinski definition) is 1. The molecule has 96 valence electrons. The maximum atomic E-state index is 11.9. The van der Waals surface area contributed by atoms with E-state index in [0.717, 1.165) is 13.0 Å². The van der Waals surface area contributed by atoms with Crippen molar-refractivity contribution in [3.05, 3.63) is 0 Å². The predicted molar refractivity (Wildman–Crippen MR) is 65.4 cm³/mol. The Morgan fingerprint density at radius 1 is 1.35 bits per heavy atom. The van der Waals surface area contributed by atoms with Crippen LogP contribution >= 0.6 is 0 Å². The first-order valence-electron chi connectivity index (χ1n) is 6.69. The molecule has 2 amide bonds. The van der Waals surface area contributed by atoms with E-state index < -0.39 is 0 Å². The normalized spacial score (nSPS) is 26.9. The lowest BCUT2D eigenvalue weighted by Crippen LogP contribution is -2.59. The average Bonchev–Trinajstić information content (AvgIpc) is 3.05.